The molecule has 5 rings (SSSR count). The number of ether oxygens (including phenoxy) is 1. The molecule has 2 aromatic carbocycles. The Hall–Kier alpha value is -3.01. The average molecular weight is 537 g/mol. The summed E-state index contributed by atoms with van der Waals surface area (Å²) in [6.45, 7) is 7.19. The van der Waals surface area contributed by atoms with Gasteiger partial charge in [0.15, 0.2) is 0 Å². The van der Waals surface area contributed by atoms with Crippen LogP contribution in [0.15, 0.2) is 66.0 Å². The lowest BCUT2D eigenvalue weighted by atomic mass is 10.2. The van der Waals surface area contributed by atoms with E-state index >= 15 is 0 Å². The van der Waals surface area contributed by atoms with Gasteiger partial charge >= 0.3 is 0 Å². The molecule has 202 valence electrons. The van der Waals surface area contributed by atoms with E-state index in [2.05, 4.69) is 9.88 Å². The van der Waals surface area contributed by atoms with Crippen molar-refractivity contribution in [3.05, 3.63) is 83.2 Å². The summed E-state index contributed by atoms with van der Waals surface area (Å²) in [6, 6.07) is 17.3. The number of carbonyl (C=O) groups is 1. The molecule has 0 atom stereocenters. The Morgan fingerprint density at radius 3 is 2.42 bits per heavy atom. The van der Waals surface area contributed by atoms with Gasteiger partial charge in [0.2, 0.25) is 20.9 Å². The van der Waals surface area contributed by atoms with Crippen LogP contribution in [0.3, 0.4) is 0 Å². The predicted molar refractivity (Wildman–Crippen MR) is 145 cm³/mol. The summed E-state index contributed by atoms with van der Waals surface area (Å²) in [7, 11) is -3.72. The third kappa shape index (κ3) is 6.70. The maximum atomic E-state index is 13.6. The highest BCUT2D eigenvalue weighted by molar-refractivity contribution is 7.90. The van der Waals surface area contributed by atoms with Crippen LogP contribution in [0.5, 0.6) is 0 Å². The second-order valence-electron chi connectivity index (χ2n) is 10.3. The van der Waals surface area contributed by atoms with Gasteiger partial charge in [-0.15, -0.1) is 0 Å². The summed E-state index contributed by atoms with van der Waals surface area (Å²) in [6.07, 6.45) is 3.48. The summed E-state index contributed by atoms with van der Waals surface area (Å²) in [5.41, 5.74) is 3.51. The van der Waals surface area contributed by atoms with Crippen molar-refractivity contribution in [2.75, 3.05) is 39.4 Å². The lowest BCUT2D eigenvalue weighted by Gasteiger charge is -2.30. The second kappa shape index (κ2) is 11.8. The molecule has 2 heterocycles. The van der Waals surface area contributed by atoms with Crippen molar-refractivity contribution < 1.29 is 17.9 Å². The quantitative estimate of drug-likeness (QED) is 0.374. The molecule has 1 saturated heterocycles. The molecule has 0 N–H and O–H groups in total. The Morgan fingerprint density at radius 1 is 1.03 bits per heavy atom. The van der Waals surface area contributed by atoms with Gasteiger partial charge in [-0.3, -0.25) is 9.69 Å². The van der Waals surface area contributed by atoms with E-state index in [4.69, 9.17) is 4.74 Å². The van der Waals surface area contributed by atoms with E-state index < -0.39 is 9.84 Å². The molecule has 2 aliphatic rings. The largest absolute Gasteiger partial charge is 0.379 e. The average Bonchev–Trinajstić information content (AvgIpc) is 3.70. The van der Waals surface area contributed by atoms with Crippen LogP contribution in [0, 0.1) is 12.8 Å². The summed E-state index contributed by atoms with van der Waals surface area (Å²) in [4.78, 5) is 21.9. The Kier molecular flexibility index (Phi) is 8.26. The highest BCUT2D eigenvalue weighted by atomic mass is 32.2. The molecule has 0 radical (unpaired) electrons. The molecule has 1 aromatic heterocycles. The van der Waals surface area contributed by atoms with Crippen LogP contribution in [0.1, 0.15) is 35.2 Å². The Balaban J connectivity index is 1.42. The van der Waals surface area contributed by atoms with Crippen LogP contribution >= 0.6 is 0 Å². The van der Waals surface area contributed by atoms with Crippen molar-refractivity contribution in [1.29, 1.82) is 0 Å². The summed E-state index contributed by atoms with van der Waals surface area (Å²) >= 11 is 0. The highest BCUT2D eigenvalue weighted by Gasteiger charge is 2.34. The SMILES string of the molecule is Cc1ccc(CS(=O)(=O)c2ncc(CN(CCN3CCOCC3)C(=O)C3CC3)n2Cc2ccccc2)cc1. The van der Waals surface area contributed by atoms with E-state index in [1.54, 1.807) is 10.8 Å². The van der Waals surface area contributed by atoms with Crippen LogP contribution < -0.4 is 0 Å². The molecule has 38 heavy (non-hydrogen) atoms. The summed E-state index contributed by atoms with van der Waals surface area (Å²) in [5, 5.41) is 0.0453. The van der Waals surface area contributed by atoms with E-state index in [0.29, 0.717) is 32.8 Å². The lowest BCUT2D eigenvalue weighted by Crippen LogP contribution is -2.43. The highest BCUT2D eigenvalue weighted by Crippen LogP contribution is 2.32. The third-order valence-corrected chi connectivity index (χ3v) is 8.82. The standard InChI is InChI=1S/C29H36N4O4S/c1-23-7-9-25(10-8-23)22-38(35,36)29-30-19-27(33(29)20-24-5-3-2-4-6-24)21-32(28(34)26-11-12-26)14-13-31-15-17-37-18-16-31/h2-10,19,26H,11-18,20-22H2,1H3. The van der Waals surface area contributed by atoms with Gasteiger partial charge in [-0.25, -0.2) is 13.4 Å². The number of benzene rings is 2. The Morgan fingerprint density at radius 2 is 1.74 bits per heavy atom. The van der Waals surface area contributed by atoms with Gasteiger partial charge in [-0.1, -0.05) is 60.2 Å². The zero-order valence-corrected chi connectivity index (χ0v) is 22.8. The van der Waals surface area contributed by atoms with Crippen LogP contribution in [-0.2, 0) is 38.2 Å². The van der Waals surface area contributed by atoms with Crippen LogP contribution in [0.25, 0.3) is 0 Å². The first-order valence-electron chi connectivity index (χ1n) is 13.3. The van der Waals surface area contributed by atoms with Gasteiger partial charge < -0.3 is 14.2 Å². The van der Waals surface area contributed by atoms with Gasteiger partial charge in [-0.05, 0) is 30.9 Å². The van der Waals surface area contributed by atoms with Crippen molar-refractivity contribution in [1.82, 2.24) is 19.4 Å². The zero-order chi connectivity index (χ0) is 26.5. The molecule has 8 nitrogen and oxygen atoms in total. The molecule has 9 heteroatoms. The minimum absolute atomic E-state index is 0.0453. The first-order chi connectivity index (χ1) is 18.4. The van der Waals surface area contributed by atoms with Crippen LogP contribution in [0.2, 0.25) is 0 Å². The number of morpholine rings is 1. The fraction of sp³-hybridized carbons (Fsp3) is 0.448. The molecule has 1 aliphatic carbocycles. The maximum absolute atomic E-state index is 13.6. The number of carbonyl (C=O) groups excluding carboxylic acids is 1. The number of aromatic nitrogens is 2. The number of aryl methyl sites for hydroxylation is 1. The van der Waals surface area contributed by atoms with E-state index in [0.717, 1.165) is 54.9 Å². The van der Waals surface area contributed by atoms with E-state index in [1.807, 2.05) is 66.4 Å². The minimum Gasteiger partial charge on any atom is -0.379 e. The fourth-order valence-electron chi connectivity index (χ4n) is 4.81. The van der Waals surface area contributed by atoms with Crippen molar-refractivity contribution >= 4 is 15.7 Å². The molecule has 0 unspecified atom stereocenters. The van der Waals surface area contributed by atoms with E-state index in [-0.39, 0.29) is 22.7 Å². The molecular formula is C29H36N4O4S. The molecule has 0 bridgehead atoms. The number of imidazole rings is 1. The topological polar surface area (TPSA) is 84.7 Å². The third-order valence-electron chi connectivity index (χ3n) is 7.22. The fourth-order valence-corrected chi connectivity index (χ4v) is 6.30. The Labute approximate surface area is 225 Å². The van der Waals surface area contributed by atoms with Crippen LogP contribution in [0.4, 0.5) is 0 Å². The monoisotopic (exact) mass is 536 g/mol. The van der Waals surface area contributed by atoms with Crippen molar-refractivity contribution in [2.45, 2.75) is 43.8 Å². The molecular weight excluding hydrogens is 500 g/mol. The number of amides is 1. The van der Waals surface area contributed by atoms with E-state index in [9.17, 15) is 13.2 Å². The lowest BCUT2D eigenvalue weighted by molar-refractivity contribution is -0.133. The number of hydrogen-bond donors (Lipinski definition) is 0. The second-order valence-corrected chi connectivity index (χ2v) is 12.2. The van der Waals surface area contributed by atoms with Gasteiger partial charge in [-0.2, -0.15) is 0 Å². The van der Waals surface area contributed by atoms with E-state index in [1.165, 1.54) is 0 Å². The molecule has 0 spiro atoms. The molecule has 1 aliphatic heterocycles. The molecule has 1 amide bonds. The first kappa shape index (κ1) is 26.6. The Bertz CT molecular complexity index is 1330. The van der Waals surface area contributed by atoms with Crippen molar-refractivity contribution in [3.63, 3.8) is 0 Å². The maximum Gasteiger partial charge on any atom is 0.228 e. The first-order valence-corrected chi connectivity index (χ1v) is 15.0. The van der Waals surface area contributed by atoms with Crippen molar-refractivity contribution in [2.24, 2.45) is 5.92 Å². The van der Waals surface area contributed by atoms with Gasteiger partial charge in [0.05, 0.1) is 43.9 Å². The summed E-state index contributed by atoms with van der Waals surface area (Å²) < 4.78 is 34.4. The van der Waals surface area contributed by atoms with Gasteiger partial charge in [0.1, 0.15) is 0 Å². The minimum atomic E-state index is -3.72. The zero-order valence-electron chi connectivity index (χ0n) is 22.0. The number of hydrogen-bond acceptors (Lipinski definition) is 6. The molecule has 3 aromatic rings. The summed E-state index contributed by atoms with van der Waals surface area (Å²) in [5.74, 6) is 0.102. The number of sulfone groups is 1. The predicted octanol–water partition coefficient (Wildman–Crippen LogP) is 3.28. The van der Waals surface area contributed by atoms with Gasteiger partial charge in [0, 0.05) is 32.1 Å². The van der Waals surface area contributed by atoms with Crippen LogP contribution in [-0.4, -0.2) is 73.1 Å². The van der Waals surface area contributed by atoms with Crippen molar-refractivity contribution in [3.8, 4) is 0 Å². The number of rotatable bonds is 11. The normalized spacial score (nSPS) is 16.4. The molecule has 2 fully saturated rings. The molecule has 1 saturated carbocycles. The van der Waals surface area contributed by atoms with Gasteiger partial charge in [0.25, 0.3) is 0 Å². The smallest absolute Gasteiger partial charge is 0.228 e. The number of nitrogens with zero attached hydrogens (tertiary/aromatic N) is 4.